The summed E-state index contributed by atoms with van der Waals surface area (Å²) in [7, 11) is 0. The van der Waals surface area contributed by atoms with E-state index in [0.717, 1.165) is 36.7 Å². The average molecular weight is 259 g/mol. The fraction of sp³-hybridized carbons (Fsp3) is 0.706. The number of aromatic nitrogens is 1. The number of carbonyl (C=O) groups is 1. The fourth-order valence-electron chi connectivity index (χ4n) is 4.38. The Morgan fingerprint density at radius 1 is 1.32 bits per heavy atom. The van der Waals surface area contributed by atoms with Crippen LogP contribution < -0.4 is 0 Å². The number of hydrogen-bond acceptors (Lipinski definition) is 1. The summed E-state index contributed by atoms with van der Waals surface area (Å²) in [5, 5.41) is 0. The lowest BCUT2D eigenvalue weighted by Gasteiger charge is -2.26. The van der Waals surface area contributed by atoms with Gasteiger partial charge >= 0.3 is 0 Å². The minimum atomic E-state index is 0.362. The first-order valence-electron chi connectivity index (χ1n) is 7.87. The van der Waals surface area contributed by atoms with Crippen LogP contribution in [0.4, 0.5) is 0 Å². The molecular formula is C17H25NO. The van der Waals surface area contributed by atoms with Crippen molar-refractivity contribution in [2.75, 3.05) is 0 Å². The quantitative estimate of drug-likeness (QED) is 0.775. The predicted molar refractivity (Wildman–Crippen MR) is 77.7 cm³/mol. The molecule has 0 saturated heterocycles. The van der Waals surface area contributed by atoms with Gasteiger partial charge in [-0.2, -0.15) is 0 Å². The molecule has 0 N–H and O–H groups in total. The number of nitrogens with zero attached hydrogens (tertiary/aromatic N) is 1. The van der Waals surface area contributed by atoms with Crippen molar-refractivity contribution in [3.05, 3.63) is 23.0 Å². The van der Waals surface area contributed by atoms with Crippen LogP contribution in [-0.2, 0) is 6.42 Å². The van der Waals surface area contributed by atoms with E-state index in [0.29, 0.717) is 11.8 Å². The topological polar surface area (TPSA) is 22.0 Å². The van der Waals surface area contributed by atoms with Gasteiger partial charge in [-0.25, -0.2) is 0 Å². The molecule has 19 heavy (non-hydrogen) atoms. The van der Waals surface area contributed by atoms with Crippen LogP contribution in [0.3, 0.4) is 0 Å². The molecule has 0 amide bonds. The van der Waals surface area contributed by atoms with Gasteiger partial charge in [0.05, 0.1) is 0 Å². The highest BCUT2D eigenvalue weighted by atomic mass is 16.1. The number of rotatable bonds is 2. The molecule has 2 aliphatic carbocycles. The molecule has 0 aliphatic heterocycles. The summed E-state index contributed by atoms with van der Waals surface area (Å²) in [6.45, 7) is 6.89. The third kappa shape index (κ3) is 1.96. The largest absolute Gasteiger partial charge is 0.345 e. The van der Waals surface area contributed by atoms with Crippen LogP contribution in [0, 0.1) is 18.8 Å². The van der Waals surface area contributed by atoms with Crippen molar-refractivity contribution in [1.29, 1.82) is 0 Å². The van der Waals surface area contributed by atoms with Gasteiger partial charge in [0, 0.05) is 29.4 Å². The van der Waals surface area contributed by atoms with Crippen molar-refractivity contribution in [2.45, 2.75) is 65.3 Å². The first kappa shape index (κ1) is 13.0. The summed E-state index contributed by atoms with van der Waals surface area (Å²) in [4.78, 5) is 12.1. The predicted octanol–water partition coefficient (Wildman–Crippen LogP) is 4.31. The van der Waals surface area contributed by atoms with Crippen LogP contribution in [0.2, 0.25) is 0 Å². The van der Waals surface area contributed by atoms with Gasteiger partial charge in [0.25, 0.3) is 0 Å². The molecule has 2 aliphatic rings. The lowest BCUT2D eigenvalue weighted by molar-refractivity contribution is 0.0971. The number of Topliss-reactive ketones (excluding diaryl/α,β-unsaturated/α-hetero) is 1. The van der Waals surface area contributed by atoms with E-state index in [4.69, 9.17) is 0 Å². The van der Waals surface area contributed by atoms with Crippen molar-refractivity contribution in [3.8, 4) is 0 Å². The van der Waals surface area contributed by atoms with Gasteiger partial charge in [-0.3, -0.25) is 4.79 Å². The number of aryl methyl sites for hydroxylation is 1. The van der Waals surface area contributed by atoms with E-state index in [2.05, 4.69) is 31.4 Å². The molecule has 1 saturated carbocycles. The zero-order chi connectivity index (χ0) is 13.6. The van der Waals surface area contributed by atoms with Gasteiger partial charge in [0.2, 0.25) is 0 Å². The third-order valence-electron chi connectivity index (χ3n) is 5.49. The molecule has 0 spiro atoms. The van der Waals surface area contributed by atoms with Gasteiger partial charge < -0.3 is 4.57 Å². The average Bonchev–Trinajstić information content (AvgIpc) is 2.90. The van der Waals surface area contributed by atoms with Crippen molar-refractivity contribution < 1.29 is 4.79 Å². The second kappa shape index (κ2) is 4.81. The van der Waals surface area contributed by atoms with Crippen LogP contribution in [0.25, 0.3) is 0 Å². The van der Waals surface area contributed by atoms with Crippen LogP contribution in [-0.4, -0.2) is 10.4 Å². The van der Waals surface area contributed by atoms with Gasteiger partial charge in [0.15, 0.2) is 5.78 Å². The van der Waals surface area contributed by atoms with Crippen LogP contribution >= 0.6 is 0 Å². The smallest absolute Gasteiger partial charge is 0.164 e. The molecule has 0 bridgehead atoms. The van der Waals surface area contributed by atoms with Gasteiger partial charge in [0.1, 0.15) is 0 Å². The van der Waals surface area contributed by atoms with Crippen molar-refractivity contribution in [2.24, 2.45) is 11.8 Å². The lowest BCUT2D eigenvalue weighted by atomic mass is 9.92. The SMILES string of the molecule is CCC1CCC(n2c(C)cc3c2CCCC3=O)C1C. The summed E-state index contributed by atoms with van der Waals surface area (Å²) in [6, 6.07) is 2.77. The van der Waals surface area contributed by atoms with Gasteiger partial charge in [-0.05, 0) is 50.5 Å². The molecule has 2 heteroatoms. The zero-order valence-corrected chi connectivity index (χ0v) is 12.4. The monoisotopic (exact) mass is 259 g/mol. The molecular weight excluding hydrogens is 234 g/mol. The van der Waals surface area contributed by atoms with E-state index in [1.54, 1.807) is 0 Å². The Morgan fingerprint density at radius 3 is 2.79 bits per heavy atom. The van der Waals surface area contributed by atoms with E-state index < -0.39 is 0 Å². The van der Waals surface area contributed by atoms with Crippen molar-refractivity contribution in [1.82, 2.24) is 4.57 Å². The van der Waals surface area contributed by atoms with E-state index in [1.165, 1.54) is 30.7 Å². The third-order valence-corrected chi connectivity index (χ3v) is 5.49. The molecule has 3 rings (SSSR count). The fourth-order valence-corrected chi connectivity index (χ4v) is 4.38. The lowest BCUT2D eigenvalue weighted by Crippen LogP contribution is -2.21. The Labute approximate surface area is 116 Å². The molecule has 1 heterocycles. The van der Waals surface area contributed by atoms with Crippen LogP contribution in [0.15, 0.2) is 6.07 Å². The van der Waals surface area contributed by atoms with Gasteiger partial charge in [-0.15, -0.1) is 0 Å². The Kier molecular flexibility index (Phi) is 3.28. The first-order valence-corrected chi connectivity index (χ1v) is 7.87. The van der Waals surface area contributed by atoms with E-state index in [9.17, 15) is 4.79 Å². The Hall–Kier alpha value is -1.05. The first-order chi connectivity index (χ1) is 9.13. The summed E-state index contributed by atoms with van der Waals surface area (Å²) in [6.07, 6.45) is 6.80. The Balaban J connectivity index is 2.00. The number of hydrogen-bond donors (Lipinski definition) is 0. The molecule has 1 aromatic heterocycles. The number of ketones is 1. The normalized spacial score (nSPS) is 30.7. The van der Waals surface area contributed by atoms with Crippen molar-refractivity contribution in [3.63, 3.8) is 0 Å². The summed E-state index contributed by atoms with van der Waals surface area (Å²) in [5.74, 6) is 1.97. The highest BCUT2D eigenvalue weighted by Gasteiger charge is 2.35. The molecule has 104 valence electrons. The maximum absolute atomic E-state index is 12.1. The number of carbonyl (C=O) groups excluding carboxylic acids is 1. The standard InChI is InChI=1S/C17H25NO/c1-4-13-8-9-15(12(13)3)18-11(2)10-14-16(18)6-5-7-17(14)19/h10,12-13,15H,4-9H2,1-3H3. The highest BCUT2D eigenvalue weighted by molar-refractivity contribution is 5.98. The van der Waals surface area contributed by atoms with Crippen molar-refractivity contribution >= 4 is 5.78 Å². The highest BCUT2D eigenvalue weighted by Crippen LogP contribution is 2.44. The second-order valence-electron chi connectivity index (χ2n) is 6.46. The molecule has 0 aromatic carbocycles. The van der Waals surface area contributed by atoms with Crippen LogP contribution in [0.5, 0.6) is 0 Å². The molecule has 0 radical (unpaired) electrons. The molecule has 3 atom stereocenters. The second-order valence-corrected chi connectivity index (χ2v) is 6.46. The number of fused-ring (bicyclic) bond motifs is 1. The minimum Gasteiger partial charge on any atom is -0.345 e. The molecule has 1 aromatic rings. The van der Waals surface area contributed by atoms with E-state index >= 15 is 0 Å². The maximum atomic E-state index is 12.1. The molecule has 1 fully saturated rings. The summed E-state index contributed by atoms with van der Waals surface area (Å²) >= 11 is 0. The summed E-state index contributed by atoms with van der Waals surface area (Å²) in [5.41, 5.74) is 3.66. The summed E-state index contributed by atoms with van der Waals surface area (Å²) < 4.78 is 2.52. The minimum absolute atomic E-state index is 0.362. The Bertz CT molecular complexity index is 500. The van der Waals surface area contributed by atoms with E-state index in [1.807, 2.05) is 0 Å². The zero-order valence-electron chi connectivity index (χ0n) is 12.4. The maximum Gasteiger partial charge on any atom is 0.164 e. The van der Waals surface area contributed by atoms with Crippen LogP contribution in [0.1, 0.15) is 73.7 Å². The Morgan fingerprint density at radius 2 is 2.11 bits per heavy atom. The molecule has 3 unspecified atom stereocenters. The van der Waals surface area contributed by atoms with Gasteiger partial charge in [-0.1, -0.05) is 20.3 Å². The molecule has 2 nitrogen and oxygen atoms in total. The van der Waals surface area contributed by atoms with E-state index in [-0.39, 0.29) is 0 Å².